The molecule has 8 rings (SSSR count). The number of rotatable bonds is 4. The van der Waals surface area contributed by atoms with Crippen LogP contribution in [0.5, 0.6) is 0 Å². The molecular weight excluding hydrogens is 701 g/mol. The number of hydrogen-bond donors (Lipinski definition) is 0. The molecule has 0 amide bonds. The average Bonchev–Trinajstić information content (AvgIpc) is 3.92. The molecule has 0 aliphatic carbocycles. The lowest BCUT2D eigenvalue weighted by Crippen LogP contribution is -2.10. The molecule has 4 aliphatic rings. The van der Waals surface area contributed by atoms with Crippen LogP contribution in [-0.4, -0.2) is 19.9 Å². The van der Waals surface area contributed by atoms with Crippen molar-refractivity contribution in [3.63, 3.8) is 0 Å². The van der Waals surface area contributed by atoms with Gasteiger partial charge in [-0.15, -0.1) is 0 Å². The molecule has 272 valence electrons. The van der Waals surface area contributed by atoms with Gasteiger partial charge in [0.15, 0.2) is 0 Å². The van der Waals surface area contributed by atoms with Crippen LogP contribution in [0, 0.1) is 43.5 Å². The minimum Gasteiger partial charge on any atom is -0.267 e. The molecule has 56 heavy (non-hydrogen) atoms. The molecule has 0 spiro atoms. The monoisotopic (exact) mass is 734 g/mol. The molecule has 4 aromatic carbocycles. The molecule has 10 heteroatoms. The van der Waals surface area contributed by atoms with E-state index in [-0.39, 0.29) is 32.7 Å². The molecule has 0 atom stereocenters. The van der Waals surface area contributed by atoms with E-state index in [1.807, 2.05) is 60.7 Å². The maximum atomic E-state index is 12.7. The number of nitriles is 2. The first-order chi connectivity index (χ1) is 26.6. The zero-order chi connectivity index (χ0) is 40.1. The standard InChI is InChI=1S/C26H26N2O2.C20H8N4O2/c1-25(2,3)17-11-7-15(8-12-17)21-19-20(24(30)27-21)22(28-23(19)29)16-9-13-18(14-10-16)26(4,5)6;21-9-11-3-1-5-13(7-11)17-15-16(20(26)23-17)18(24-19(15)25)14-6-2-4-12(8-14)10-22/h7-14H,1-6H3;1-8H. The van der Waals surface area contributed by atoms with Crippen LogP contribution in [0.3, 0.4) is 0 Å². The number of aromatic nitrogens is 4. The van der Waals surface area contributed by atoms with Crippen molar-refractivity contribution in [1.29, 1.82) is 10.5 Å². The molecule has 10 nitrogen and oxygen atoms in total. The smallest absolute Gasteiger partial charge is 0.267 e. The van der Waals surface area contributed by atoms with Crippen molar-refractivity contribution in [2.45, 2.75) is 52.4 Å². The van der Waals surface area contributed by atoms with E-state index in [2.05, 4.69) is 61.5 Å². The molecular formula is C46H34N6O4. The van der Waals surface area contributed by atoms with Gasteiger partial charge in [-0.25, -0.2) is 19.9 Å². The van der Waals surface area contributed by atoms with E-state index in [1.54, 1.807) is 48.5 Å². The molecule has 4 aromatic rings. The molecule has 4 heterocycles. The van der Waals surface area contributed by atoms with E-state index in [1.165, 1.54) is 11.1 Å². The van der Waals surface area contributed by atoms with Gasteiger partial charge in [-0.1, -0.05) is 114 Å². The second-order valence-electron chi connectivity index (χ2n) is 15.6. The van der Waals surface area contributed by atoms with Crippen LogP contribution in [0.25, 0.3) is 45.0 Å². The van der Waals surface area contributed by atoms with E-state index in [0.29, 0.717) is 44.1 Å². The molecule has 0 radical (unpaired) electrons. The van der Waals surface area contributed by atoms with Gasteiger partial charge in [-0.2, -0.15) is 10.5 Å². The summed E-state index contributed by atoms with van der Waals surface area (Å²) in [4.78, 5) is 66.9. The summed E-state index contributed by atoms with van der Waals surface area (Å²) < 4.78 is 0. The highest BCUT2D eigenvalue weighted by atomic mass is 16.1. The predicted octanol–water partition coefficient (Wildman–Crippen LogP) is 6.60. The Bertz CT molecular complexity index is 2980. The van der Waals surface area contributed by atoms with Crippen LogP contribution >= 0.6 is 0 Å². The van der Waals surface area contributed by atoms with Crippen LogP contribution < -0.4 is 22.2 Å². The molecule has 0 saturated heterocycles. The van der Waals surface area contributed by atoms with Crippen molar-refractivity contribution in [2.75, 3.05) is 0 Å². The Morgan fingerprint density at radius 1 is 0.411 bits per heavy atom. The SMILES string of the molecule is CC(C)(C)c1ccc(-c2nc(=O)c3c(-c4ccc(C(C)(C)C)cc4)nc(=O)c2=3)cc1.N#Cc1cccc(-c2nc(=O)c3c(-c4cccc(C#N)c4)nc(=O)c2=3)c1. The van der Waals surface area contributed by atoms with E-state index >= 15 is 0 Å². The van der Waals surface area contributed by atoms with Crippen molar-refractivity contribution in [2.24, 2.45) is 0 Å². The summed E-state index contributed by atoms with van der Waals surface area (Å²) in [6.45, 7) is 12.9. The molecule has 0 aromatic heterocycles. The Labute approximate surface area is 320 Å². The third-order valence-corrected chi connectivity index (χ3v) is 9.74. The van der Waals surface area contributed by atoms with Gasteiger partial charge >= 0.3 is 0 Å². The van der Waals surface area contributed by atoms with E-state index in [9.17, 15) is 19.2 Å². The second kappa shape index (κ2) is 13.8. The quantitative estimate of drug-likeness (QED) is 0.192. The molecule has 0 saturated carbocycles. The summed E-state index contributed by atoms with van der Waals surface area (Å²) in [6, 6.07) is 32.9. The summed E-state index contributed by atoms with van der Waals surface area (Å²) in [5, 5.41) is 19.0. The number of nitrogens with zero attached hydrogens (tertiary/aromatic N) is 6. The molecule has 0 bridgehead atoms. The average molecular weight is 735 g/mol. The predicted molar refractivity (Wildman–Crippen MR) is 213 cm³/mol. The molecule has 4 aliphatic heterocycles. The van der Waals surface area contributed by atoms with E-state index in [0.717, 1.165) is 11.1 Å². The van der Waals surface area contributed by atoms with Gasteiger partial charge in [0.1, 0.15) is 0 Å². The van der Waals surface area contributed by atoms with Crippen molar-refractivity contribution in [3.8, 4) is 57.2 Å². The fourth-order valence-corrected chi connectivity index (χ4v) is 6.72. The van der Waals surface area contributed by atoms with Gasteiger partial charge in [0.25, 0.3) is 22.2 Å². The number of hydrogen-bond acceptors (Lipinski definition) is 10. The maximum Gasteiger partial charge on any atom is 0.280 e. The highest BCUT2D eigenvalue weighted by Gasteiger charge is 2.22. The summed E-state index contributed by atoms with van der Waals surface area (Å²) in [6.07, 6.45) is 0. The van der Waals surface area contributed by atoms with Gasteiger partial charge in [-0.3, -0.25) is 19.2 Å². The van der Waals surface area contributed by atoms with Gasteiger partial charge < -0.3 is 0 Å². The lowest BCUT2D eigenvalue weighted by Gasteiger charge is -2.18. The lowest BCUT2D eigenvalue weighted by molar-refractivity contribution is 0.590. The summed E-state index contributed by atoms with van der Waals surface area (Å²) in [5.41, 5.74) is 5.14. The van der Waals surface area contributed by atoms with Crippen molar-refractivity contribution < 1.29 is 0 Å². The van der Waals surface area contributed by atoms with Gasteiger partial charge in [-0.05, 0) is 46.2 Å². The largest absolute Gasteiger partial charge is 0.280 e. The first-order valence-corrected chi connectivity index (χ1v) is 17.8. The third kappa shape index (κ3) is 6.69. The Hall–Kier alpha value is -7.30. The van der Waals surface area contributed by atoms with Crippen molar-refractivity contribution in [3.05, 3.63) is 182 Å². The van der Waals surface area contributed by atoms with Crippen LogP contribution in [0.1, 0.15) is 63.8 Å². The summed E-state index contributed by atoms with van der Waals surface area (Å²) in [7, 11) is 0. The molecule has 0 N–H and O–H groups in total. The van der Waals surface area contributed by atoms with Crippen LogP contribution in [-0.2, 0) is 10.8 Å². The Kier molecular flexibility index (Phi) is 9.15. The minimum absolute atomic E-state index is 0.0228. The molecule has 0 unspecified atom stereocenters. The summed E-state index contributed by atoms with van der Waals surface area (Å²) in [5.74, 6) is 0. The topological polar surface area (TPSA) is 167 Å². The van der Waals surface area contributed by atoms with Crippen LogP contribution in [0.2, 0.25) is 0 Å². The Morgan fingerprint density at radius 2 is 0.696 bits per heavy atom. The first-order valence-electron chi connectivity index (χ1n) is 17.8. The Morgan fingerprint density at radius 3 is 0.964 bits per heavy atom. The van der Waals surface area contributed by atoms with Crippen LogP contribution in [0.4, 0.5) is 0 Å². The zero-order valence-corrected chi connectivity index (χ0v) is 31.6. The zero-order valence-electron chi connectivity index (χ0n) is 31.6. The first kappa shape index (κ1) is 37.0. The number of benzene rings is 4. The van der Waals surface area contributed by atoms with Gasteiger partial charge in [0, 0.05) is 22.3 Å². The fraction of sp³-hybridized carbons (Fsp3) is 0.174. The molecule has 0 fully saturated rings. The van der Waals surface area contributed by atoms with Gasteiger partial charge in [0.05, 0.1) is 66.9 Å². The highest BCUT2D eigenvalue weighted by molar-refractivity contribution is 5.69. The van der Waals surface area contributed by atoms with Crippen LogP contribution in [0.15, 0.2) is 116 Å². The van der Waals surface area contributed by atoms with Crippen molar-refractivity contribution >= 4 is 0 Å². The Balaban J connectivity index is 0.000000173. The highest BCUT2D eigenvalue weighted by Crippen LogP contribution is 2.29. The third-order valence-electron chi connectivity index (χ3n) is 9.74. The maximum absolute atomic E-state index is 12.7. The second-order valence-corrected chi connectivity index (χ2v) is 15.6. The van der Waals surface area contributed by atoms with Gasteiger partial charge in [0.2, 0.25) is 0 Å². The minimum atomic E-state index is -0.552. The normalized spacial score (nSPS) is 11.6. The van der Waals surface area contributed by atoms with E-state index in [4.69, 9.17) is 10.5 Å². The van der Waals surface area contributed by atoms with E-state index < -0.39 is 22.2 Å². The fourth-order valence-electron chi connectivity index (χ4n) is 6.72. The lowest BCUT2D eigenvalue weighted by atomic mass is 9.86. The van der Waals surface area contributed by atoms with Crippen molar-refractivity contribution in [1.82, 2.24) is 19.9 Å². The summed E-state index contributed by atoms with van der Waals surface area (Å²) >= 11 is 0.